The molecule has 0 aromatic rings. The highest BCUT2D eigenvalue weighted by Crippen LogP contribution is 2.42. The fourth-order valence-corrected chi connectivity index (χ4v) is 8.84. The van der Waals surface area contributed by atoms with Crippen molar-refractivity contribution in [1.29, 1.82) is 0 Å². The molecule has 1 heterocycles. The Labute approximate surface area is 381 Å². The molecule has 15 heteroatoms. The van der Waals surface area contributed by atoms with Gasteiger partial charge in [-0.25, -0.2) is 4.57 Å². The number of phosphoric ester groups is 1. The van der Waals surface area contributed by atoms with Crippen LogP contribution in [0.2, 0.25) is 0 Å². The zero-order chi connectivity index (χ0) is 46.6. The van der Waals surface area contributed by atoms with Crippen LogP contribution in [0.5, 0.6) is 0 Å². The molecule has 1 amide bonds. The van der Waals surface area contributed by atoms with E-state index in [0.717, 1.165) is 70.6 Å². The maximum atomic E-state index is 13.7. The van der Waals surface area contributed by atoms with E-state index in [4.69, 9.17) is 18.7 Å². The Hall–Kier alpha value is -1.64. The Bertz CT molecular complexity index is 1190. The number of aliphatic hydroxyl groups is 3. The molecule has 6 N–H and O–H groups in total. The van der Waals surface area contributed by atoms with E-state index < -0.39 is 81.5 Å². The van der Waals surface area contributed by atoms with Crippen molar-refractivity contribution in [1.82, 2.24) is 5.32 Å². The Morgan fingerprint density at radius 3 is 1.48 bits per heavy atom. The van der Waals surface area contributed by atoms with Crippen molar-refractivity contribution in [3.05, 3.63) is 0 Å². The van der Waals surface area contributed by atoms with Gasteiger partial charge in [0.05, 0.1) is 25.6 Å². The molecule has 0 aromatic carbocycles. The topological polar surface area (TPSA) is 218 Å². The third kappa shape index (κ3) is 31.8. The standard InChI is InChI=1S/C48H92NO13P/c1-4-7-10-13-16-19-20-23-26-29-32-35-43(53)59-40(34-31-28-25-22-18-15-12-9-6-3)37-44(54)61-47-46(62-63(56,57)58)45(55)41(38-50)60-48(47)49-42(52)36-39(51)33-30-27-24-21-17-14-11-8-5-2/h39-41,45-48,50-51,55H,4-38H2,1-3H3,(H,49,52)(H2,56,57,58)/t39-,40-,41-,45-,46+,47-,48-/m1/s1. The van der Waals surface area contributed by atoms with Crippen LogP contribution in [0.15, 0.2) is 0 Å². The molecular formula is C48H92NO13P. The van der Waals surface area contributed by atoms with Gasteiger partial charge in [-0.2, -0.15) is 0 Å². The van der Waals surface area contributed by atoms with Gasteiger partial charge in [0.25, 0.3) is 0 Å². The fourth-order valence-electron chi connectivity index (χ4n) is 8.28. The summed E-state index contributed by atoms with van der Waals surface area (Å²) in [7, 11) is -5.32. The second kappa shape index (κ2) is 38.5. The first-order chi connectivity index (χ1) is 30.3. The molecule has 1 aliphatic rings. The highest BCUT2D eigenvalue weighted by atomic mass is 31.2. The summed E-state index contributed by atoms with van der Waals surface area (Å²) in [5.74, 6) is -2.05. The smallest absolute Gasteiger partial charge is 0.462 e. The van der Waals surface area contributed by atoms with Crippen LogP contribution in [0.25, 0.3) is 0 Å². The maximum absolute atomic E-state index is 13.7. The quantitative estimate of drug-likeness (QED) is 0.0191. The van der Waals surface area contributed by atoms with Gasteiger partial charge in [0.15, 0.2) is 12.3 Å². The second-order valence-electron chi connectivity index (χ2n) is 18.0. The molecule has 14 nitrogen and oxygen atoms in total. The minimum atomic E-state index is -5.32. The molecule has 1 aliphatic heterocycles. The summed E-state index contributed by atoms with van der Waals surface area (Å²) in [4.78, 5) is 59.4. The lowest BCUT2D eigenvalue weighted by molar-refractivity contribution is -0.242. The largest absolute Gasteiger partial charge is 0.470 e. The zero-order valence-corrected chi connectivity index (χ0v) is 40.6. The molecule has 1 rings (SSSR count). The van der Waals surface area contributed by atoms with Crippen molar-refractivity contribution in [2.24, 2.45) is 0 Å². The number of carbonyl (C=O) groups excluding carboxylic acids is 3. The average Bonchev–Trinajstić information content (AvgIpc) is 3.23. The van der Waals surface area contributed by atoms with Crippen LogP contribution in [-0.2, 0) is 37.7 Å². The average molecular weight is 922 g/mol. The third-order valence-electron chi connectivity index (χ3n) is 12.0. The van der Waals surface area contributed by atoms with Gasteiger partial charge in [-0.1, -0.05) is 194 Å². The van der Waals surface area contributed by atoms with Gasteiger partial charge in [-0.05, 0) is 25.7 Å². The Morgan fingerprint density at radius 1 is 0.603 bits per heavy atom. The minimum Gasteiger partial charge on any atom is -0.462 e. The molecule has 0 spiro atoms. The van der Waals surface area contributed by atoms with Crippen LogP contribution in [-0.4, -0.2) is 92.4 Å². The van der Waals surface area contributed by atoms with Crippen LogP contribution in [0.4, 0.5) is 0 Å². The van der Waals surface area contributed by atoms with Crippen molar-refractivity contribution >= 4 is 25.7 Å². The van der Waals surface area contributed by atoms with Gasteiger partial charge in [0.2, 0.25) is 5.91 Å². The van der Waals surface area contributed by atoms with Crippen LogP contribution >= 0.6 is 7.82 Å². The SMILES string of the molecule is CCCCCCCCCCCCCC(=O)O[C@H](CCCCCCCCCCC)CC(=O)O[C@@H]1[C@@H](OP(=O)(O)O)[C@H](O)[C@@H](CO)O[C@H]1NC(=O)C[C@H](O)CCCCCCCCCCC. The highest BCUT2D eigenvalue weighted by Gasteiger charge is 2.51. The molecular weight excluding hydrogens is 829 g/mol. The predicted molar refractivity (Wildman–Crippen MR) is 247 cm³/mol. The Morgan fingerprint density at radius 2 is 1.03 bits per heavy atom. The molecule has 0 aliphatic carbocycles. The number of unbranched alkanes of at least 4 members (excludes halogenated alkanes) is 26. The summed E-state index contributed by atoms with van der Waals surface area (Å²) >= 11 is 0. The van der Waals surface area contributed by atoms with Crippen molar-refractivity contribution in [3.8, 4) is 0 Å². The molecule has 7 atom stereocenters. The molecule has 1 fully saturated rings. The monoisotopic (exact) mass is 922 g/mol. The maximum Gasteiger partial charge on any atom is 0.470 e. The van der Waals surface area contributed by atoms with E-state index in [0.29, 0.717) is 25.7 Å². The summed E-state index contributed by atoms with van der Waals surface area (Å²) in [6, 6.07) is 0. The molecule has 0 saturated carbocycles. The number of carbonyl (C=O) groups is 3. The van der Waals surface area contributed by atoms with Crippen LogP contribution in [0.3, 0.4) is 0 Å². The first-order valence-corrected chi connectivity index (χ1v) is 26.9. The summed E-state index contributed by atoms with van der Waals surface area (Å²) < 4.78 is 34.3. The number of hydrogen-bond donors (Lipinski definition) is 6. The number of ether oxygens (including phenoxy) is 3. The van der Waals surface area contributed by atoms with Crippen molar-refractivity contribution in [2.75, 3.05) is 6.61 Å². The van der Waals surface area contributed by atoms with Gasteiger partial charge in [0.1, 0.15) is 24.4 Å². The molecule has 0 unspecified atom stereocenters. The summed E-state index contributed by atoms with van der Waals surface area (Å²) in [6.45, 7) is 5.78. The van der Waals surface area contributed by atoms with E-state index in [-0.39, 0.29) is 12.8 Å². The molecule has 372 valence electrons. The van der Waals surface area contributed by atoms with Crippen LogP contribution in [0, 0.1) is 0 Å². The lowest BCUT2D eigenvalue weighted by Crippen LogP contribution is -2.65. The molecule has 0 bridgehead atoms. The molecule has 0 aromatic heterocycles. The fraction of sp³-hybridized carbons (Fsp3) is 0.938. The van der Waals surface area contributed by atoms with Crippen molar-refractivity contribution in [2.45, 2.75) is 282 Å². The van der Waals surface area contributed by atoms with E-state index >= 15 is 0 Å². The number of rotatable bonds is 42. The van der Waals surface area contributed by atoms with Crippen molar-refractivity contribution < 1.29 is 62.8 Å². The molecule has 1 saturated heterocycles. The van der Waals surface area contributed by atoms with Gasteiger partial charge in [0, 0.05) is 6.42 Å². The van der Waals surface area contributed by atoms with Crippen LogP contribution in [0.1, 0.15) is 239 Å². The van der Waals surface area contributed by atoms with Crippen LogP contribution < -0.4 is 5.32 Å². The lowest BCUT2D eigenvalue weighted by atomic mass is 9.97. The number of nitrogens with one attached hydrogen (secondary N) is 1. The number of phosphoric acid groups is 1. The number of hydrogen-bond acceptors (Lipinski definition) is 11. The molecule has 63 heavy (non-hydrogen) atoms. The second-order valence-corrected chi connectivity index (χ2v) is 19.2. The summed E-state index contributed by atoms with van der Waals surface area (Å²) in [6.07, 6.45) is 22.0. The van der Waals surface area contributed by atoms with E-state index in [1.807, 2.05) is 0 Å². The Kier molecular flexibility index (Phi) is 36.3. The summed E-state index contributed by atoms with van der Waals surface area (Å²) in [5, 5.41) is 34.1. The number of amides is 1. The van der Waals surface area contributed by atoms with Gasteiger partial charge >= 0.3 is 19.8 Å². The highest BCUT2D eigenvalue weighted by molar-refractivity contribution is 7.46. The molecule has 0 radical (unpaired) electrons. The van der Waals surface area contributed by atoms with E-state index in [1.165, 1.54) is 103 Å². The minimum absolute atomic E-state index is 0.211. The summed E-state index contributed by atoms with van der Waals surface area (Å²) in [5.41, 5.74) is 0. The first kappa shape index (κ1) is 59.4. The van der Waals surface area contributed by atoms with E-state index in [2.05, 4.69) is 26.1 Å². The van der Waals surface area contributed by atoms with E-state index in [9.17, 15) is 44.1 Å². The first-order valence-electron chi connectivity index (χ1n) is 25.4. The zero-order valence-electron chi connectivity index (χ0n) is 39.7. The Balaban J connectivity index is 2.93. The number of aliphatic hydroxyl groups excluding tert-OH is 3. The third-order valence-corrected chi connectivity index (χ3v) is 12.6. The van der Waals surface area contributed by atoms with Gasteiger partial charge in [-0.3, -0.25) is 18.9 Å². The predicted octanol–water partition coefficient (Wildman–Crippen LogP) is 10.2. The van der Waals surface area contributed by atoms with Crippen molar-refractivity contribution in [3.63, 3.8) is 0 Å². The number of esters is 2. The van der Waals surface area contributed by atoms with E-state index in [1.54, 1.807) is 0 Å². The van der Waals surface area contributed by atoms with Gasteiger partial charge in [-0.15, -0.1) is 0 Å². The lowest BCUT2D eigenvalue weighted by Gasteiger charge is -2.43. The normalized spacial score (nSPS) is 20.0. The van der Waals surface area contributed by atoms with Gasteiger partial charge < -0.3 is 44.6 Å².